The molecule has 1 heterocycles. The number of ether oxygens (including phenoxy) is 1. The third-order valence-electron chi connectivity index (χ3n) is 3.13. The second kappa shape index (κ2) is 8.44. The molecule has 0 aliphatic carbocycles. The van der Waals surface area contributed by atoms with Crippen LogP contribution in [0, 0.1) is 0 Å². The van der Waals surface area contributed by atoms with Crippen LogP contribution in [-0.4, -0.2) is 68.7 Å². The van der Waals surface area contributed by atoms with Crippen molar-refractivity contribution < 1.29 is 9.53 Å². The first-order valence-electron chi connectivity index (χ1n) is 6.47. The second-order valence-electron chi connectivity index (χ2n) is 4.46. The van der Waals surface area contributed by atoms with Gasteiger partial charge in [0.05, 0.1) is 0 Å². The van der Waals surface area contributed by atoms with Crippen LogP contribution >= 0.6 is 0 Å². The topological polar surface area (TPSA) is 58.8 Å². The fourth-order valence-electron chi connectivity index (χ4n) is 2.15. The van der Waals surface area contributed by atoms with Gasteiger partial charge >= 0.3 is 0 Å². The van der Waals surface area contributed by atoms with E-state index in [0.717, 1.165) is 45.6 Å². The highest BCUT2D eigenvalue weighted by Crippen LogP contribution is 2.05. The molecule has 5 heteroatoms. The van der Waals surface area contributed by atoms with Gasteiger partial charge in [-0.25, -0.2) is 0 Å². The number of carbonyl (C=O) groups is 1. The van der Waals surface area contributed by atoms with Crippen LogP contribution < -0.4 is 5.73 Å². The van der Waals surface area contributed by atoms with Crippen molar-refractivity contribution in [2.24, 2.45) is 5.73 Å². The fourth-order valence-corrected chi connectivity index (χ4v) is 2.15. The van der Waals surface area contributed by atoms with Crippen LogP contribution in [0.5, 0.6) is 0 Å². The lowest BCUT2D eigenvalue weighted by atomic mass is 10.2. The van der Waals surface area contributed by atoms with Gasteiger partial charge in [-0.2, -0.15) is 0 Å². The molecule has 1 rings (SSSR count). The predicted octanol–water partition coefficient (Wildman–Crippen LogP) is -0.0940. The zero-order chi connectivity index (χ0) is 12.5. The summed E-state index contributed by atoms with van der Waals surface area (Å²) in [5.41, 5.74) is 5.55. The summed E-state index contributed by atoms with van der Waals surface area (Å²) in [6.07, 6.45) is 2.47. The molecule has 0 aromatic heterocycles. The molecule has 1 aliphatic heterocycles. The van der Waals surface area contributed by atoms with Crippen LogP contribution in [0.3, 0.4) is 0 Å². The molecule has 0 spiro atoms. The van der Waals surface area contributed by atoms with E-state index in [1.165, 1.54) is 0 Å². The first kappa shape index (κ1) is 14.4. The highest BCUT2D eigenvalue weighted by atomic mass is 16.5. The van der Waals surface area contributed by atoms with E-state index in [-0.39, 0.29) is 5.91 Å². The van der Waals surface area contributed by atoms with Crippen molar-refractivity contribution >= 4 is 5.91 Å². The molecule has 0 unspecified atom stereocenters. The summed E-state index contributed by atoms with van der Waals surface area (Å²) in [5, 5.41) is 0. The average Bonchev–Trinajstić information content (AvgIpc) is 2.55. The lowest BCUT2D eigenvalue weighted by Gasteiger charge is -2.21. The molecule has 0 aromatic carbocycles. The summed E-state index contributed by atoms with van der Waals surface area (Å²) in [5.74, 6) is 0.261. The number of nitrogens with zero attached hydrogens (tertiary/aromatic N) is 2. The van der Waals surface area contributed by atoms with Gasteiger partial charge in [0.2, 0.25) is 5.91 Å². The third kappa shape index (κ3) is 5.48. The van der Waals surface area contributed by atoms with Gasteiger partial charge in [0.1, 0.15) is 0 Å². The highest BCUT2D eigenvalue weighted by molar-refractivity contribution is 5.76. The summed E-state index contributed by atoms with van der Waals surface area (Å²) in [6.45, 7) is 6.03. The summed E-state index contributed by atoms with van der Waals surface area (Å²) in [4.78, 5) is 16.2. The molecule has 0 aromatic rings. The highest BCUT2D eigenvalue weighted by Gasteiger charge is 2.17. The van der Waals surface area contributed by atoms with Crippen molar-refractivity contribution in [3.8, 4) is 0 Å². The molecule has 0 saturated carbocycles. The zero-order valence-electron chi connectivity index (χ0n) is 10.9. The number of amides is 1. The smallest absolute Gasteiger partial charge is 0.222 e. The Labute approximate surface area is 104 Å². The number of hydrogen-bond acceptors (Lipinski definition) is 4. The lowest BCUT2D eigenvalue weighted by Crippen LogP contribution is -2.36. The first-order chi connectivity index (χ1) is 8.27. The maximum Gasteiger partial charge on any atom is 0.222 e. The lowest BCUT2D eigenvalue weighted by molar-refractivity contribution is -0.131. The number of nitrogens with two attached hydrogens (primary N) is 1. The van der Waals surface area contributed by atoms with Gasteiger partial charge in [0.15, 0.2) is 0 Å². The maximum absolute atomic E-state index is 11.9. The maximum atomic E-state index is 11.9. The summed E-state index contributed by atoms with van der Waals surface area (Å²) in [7, 11) is 1.67. The molecule has 0 bridgehead atoms. The summed E-state index contributed by atoms with van der Waals surface area (Å²) >= 11 is 0. The molecule has 5 nitrogen and oxygen atoms in total. The molecule has 0 atom stereocenters. The Morgan fingerprint density at radius 3 is 2.82 bits per heavy atom. The monoisotopic (exact) mass is 243 g/mol. The molecule has 17 heavy (non-hydrogen) atoms. The molecule has 1 amide bonds. The van der Waals surface area contributed by atoms with Crippen LogP contribution in [-0.2, 0) is 9.53 Å². The minimum Gasteiger partial charge on any atom is -0.385 e. The third-order valence-corrected chi connectivity index (χ3v) is 3.13. The molecule has 0 radical (unpaired) electrons. The molecular formula is C12H25N3O2. The van der Waals surface area contributed by atoms with Gasteiger partial charge in [-0.1, -0.05) is 0 Å². The van der Waals surface area contributed by atoms with Gasteiger partial charge < -0.3 is 20.3 Å². The van der Waals surface area contributed by atoms with E-state index in [0.29, 0.717) is 19.6 Å². The van der Waals surface area contributed by atoms with Gasteiger partial charge in [0, 0.05) is 52.9 Å². The number of rotatable bonds is 6. The van der Waals surface area contributed by atoms with Gasteiger partial charge in [-0.15, -0.1) is 0 Å². The quantitative estimate of drug-likeness (QED) is 0.662. The number of methoxy groups -OCH3 is 1. The van der Waals surface area contributed by atoms with Gasteiger partial charge in [0.25, 0.3) is 0 Å². The zero-order valence-corrected chi connectivity index (χ0v) is 10.9. The van der Waals surface area contributed by atoms with E-state index in [2.05, 4.69) is 4.90 Å². The Bertz CT molecular complexity index is 224. The van der Waals surface area contributed by atoms with Crippen molar-refractivity contribution in [2.45, 2.75) is 19.3 Å². The van der Waals surface area contributed by atoms with Gasteiger partial charge in [-0.3, -0.25) is 4.79 Å². The van der Waals surface area contributed by atoms with Crippen LogP contribution in [0.4, 0.5) is 0 Å². The number of carbonyl (C=O) groups excluding carboxylic acids is 1. The average molecular weight is 243 g/mol. The van der Waals surface area contributed by atoms with E-state index < -0.39 is 0 Å². The Morgan fingerprint density at radius 1 is 1.29 bits per heavy atom. The predicted molar refractivity (Wildman–Crippen MR) is 67.8 cm³/mol. The van der Waals surface area contributed by atoms with Crippen LogP contribution in [0.15, 0.2) is 0 Å². The van der Waals surface area contributed by atoms with E-state index >= 15 is 0 Å². The minimum atomic E-state index is 0.261. The molecule has 1 saturated heterocycles. The van der Waals surface area contributed by atoms with Gasteiger partial charge in [-0.05, 0) is 19.4 Å². The standard InChI is InChI=1S/C12H25N3O2/c1-17-11-2-4-12(16)15-7-3-6-14(8-5-13)9-10-15/h2-11,13H2,1H3. The molecular weight excluding hydrogens is 218 g/mol. The largest absolute Gasteiger partial charge is 0.385 e. The van der Waals surface area contributed by atoms with Crippen molar-refractivity contribution in [3.63, 3.8) is 0 Å². The number of hydrogen-bond donors (Lipinski definition) is 1. The summed E-state index contributed by atoms with van der Waals surface area (Å²) < 4.78 is 4.96. The molecule has 2 N–H and O–H groups in total. The van der Waals surface area contributed by atoms with Crippen LogP contribution in [0.2, 0.25) is 0 Å². The summed E-state index contributed by atoms with van der Waals surface area (Å²) in [6, 6.07) is 0. The Kier molecular flexibility index (Phi) is 7.16. The van der Waals surface area contributed by atoms with Crippen molar-refractivity contribution in [1.82, 2.24) is 9.80 Å². The van der Waals surface area contributed by atoms with Crippen LogP contribution in [0.1, 0.15) is 19.3 Å². The fraction of sp³-hybridized carbons (Fsp3) is 0.917. The second-order valence-corrected chi connectivity index (χ2v) is 4.46. The van der Waals surface area contributed by atoms with E-state index in [1.807, 2.05) is 4.90 Å². The Morgan fingerprint density at radius 2 is 2.12 bits per heavy atom. The molecule has 1 aliphatic rings. The SMILES string of the molecule is COCCCC(=O)N1CCCN(CCN)CC1. The first-order valence-corrected chi connectivity index (χ1v) is 6.47. The van der Waals surface area contributed by atoms with Crippen molar-refractivity contribution in [2.75, 3.05) is 53.0 Å². The Hall–Kier alpha value is -0.650. The Balaban J connectivity index is 2.27. The van der Waals surface area contributed by atoms with E-state index in [9.17, 15) is 4.79 Å². The minimum absolute atomic E-state index is 0.261. The normalized spacial score (nSPS) is 18.1. The molecule has 100 valence electrons. The van der Waals surface area contributed by atoms with Crippen molar-refractivity contribution in [3.05, 3.63) is 0 Å². The van der Waals surface area contributed by atoms with Crippen molar-refractivity contribution in [1.29, 1.82) is 0 Å². The van der Waals surface area contributed by atoms with E-state index in [4.69, 9.17) is 10.5 Å². The van der Waals surface area contributed by atoms with Crippen LogP contribution in [0.25, 0.3) is 0 Å². The van der Waals surface area contributed by atoms with E-state index in [1.54, 1.807) is 7.11 Å². The molecule has 1 fully saturated rings.